The van der Waals surface area contributed by atoms with E-state index in [4.69, 9.17) is 4.74 Å². The van der Waals surface area contributed by atoms with Gasteiger partial charge in [0.05, 0.1) is 7.11 Å². The number of rotatable bonds is 8. The zero-order valence-corrected chi connectivity index (χ0v) is 17.5. The van der Waals surface area contributed by atoms with Gasteiger partial charge in [-0.25, -0.2) is 13.2 Å². The average Bonchev–Trinajstić information content (AvgIpc) is 2.79. The van der Waals surface area contributed by atoms with Gasteiger partial charge in [0.2, 0.25) is 0 Å². The summed E-state index contributed by atoms with van der Waals surface area (Å²) in [7, 11) is 1.26. The number of piperidine rings is 1. The Kier molecular flexibility index (Phi) is 7.81. The summed E-state index contributed by atoms with van der Waals surface area (Å²) in [6.07, 6.45) is -3.28. The molecule has 176 valence electrons. The number of anilines is 1. The molecule has 1 N–H and O–H groups in total. The van der Waals surface area contributed by atoms with Crippen LogP contribution in [0.15, 0.2) is 18.2 Å². The number of methoxy groups -OCH3 is 1. The minimum Gasteiger partial charge on any atom is -0.493 e. The van der Waals surface area contributed by atoms with Crippen molar-refractivity contribution in [2.45, 2.75) is 51.6 Å². The maximum Gasteiger partial charge on any atom is 0.435 e. The highest BCUT2D eigenvalue weighted by molar-refractivity contribution is 5.50. The Morgan fingerprint density at radius 1 is 1.00 bits per heavy atom. The summed E-state index contributed by atoms with van der Waals surface area (Å²) in [5, 5.41) is 9.94. The van der Waals surface area contributed by atoms with Crippen molar-refractivity contribution >= 4 is 5.82 Å². The molecule has 0 aliphatic carbocycles. The van der Waals surface area contributed by atoms with Gasteiger partial charge in [-0.2, -0.15) is 13.2 Å². The molecule has 0 spiro atoms. The van der Waals surface area contributed by atoms with Crippen LogP contribution in [0.5, 0.6) is 5.75 Å². The van der Waals surface area contributed by atoms with Gasteiger partial charge in [-0.05, 0) is 35.1 Å². The Labute approximate surface area is 181 Å². The fraction of sp³-hybridized carbons (Fsp3) is 0.524. The molecule has 0 unspecified atom stereocenters. The van der Waals surface area contributed by atoms with E-state index in [2.05, 4.69) is 20.4 Å². The van der Waals surface area contributed by atoms with Gasteiger partial charge in [-0.15, -0.1) is 10.2 Å². The third kappa shape index (κ3) is 5.62. The number of alkyl halides is 6. The topological polar surface area (TPSA) is 50.3 Å². The predicted molar refractivity (Wildman–Crippen MR) is 106 cm³/mol. The van der Waals surface area contributed by atoms with Gasteiger partial charge < -0.3 is 10.1 Å². The van der Waals surface area contributed by atoms with Gasteiger partial charge in [0.25, 0.3) is 0 Å². The summed E-state index contributed by atoms with van der Waals surface area (Å²) in [4.78, 5) is 2.10. The Balaban J connectivity index is 1.61. The average molecular weight is 462 g/mol. The number of benzene rings is 1. The first-order valence-electron chi connectivity index (χ1n) is 10.1. The number of nitrogens with zero attached hydrogens (tertiary/aromatic N) is 3. The van der Waals surface area contributed by atoms with Crippen LogP contribution in [0.3, 0.4) is 0 Å². The highest BCUT2D eigenvalue weighted by Gasteiger charge is 2.34. The van der Waals surface area contributed by atoms with Crippen molar-refractivity contribution in [3.63, 3.8) is 0 Å². The van der Waals surface area contributed by atoms with Gasteiger partial charge in [0.1, 0.15) is 20.0 Å². The largest absolute Gasteiger partial charge is 0.493 e. The molecule has 11 heteroatoms. The molecule has 1 aromatic heterocycles. The van der Waals surface area contributed by atoms with Crippen LogP contribution in [0.1, 0.15) is 40.8 Å². The normalized spacial score (nSPS) is 15.7. The lowest BCUT2D eigenvalue weighted by Crippen LogP contribution is -2.39. The van der Waals surface area contributed by atoms with Crippen molar-refractivity contribution in [1.29, 1.82) is 0 Å². The lowest BCUT2D eigenvalue weighted by molar-refractivity contribution is -0.141. The molecular weight excluding hydrogens is 438 g/mol. The molecule has 1 aliphatic rings. The van der Waals surface area contributed by atoms with E-state index in [0.29, 0.717) is 38.0 Å². The third-order valence-electron chi connectivity index (χ3n) is 5.52. The first kappa shape index (κ1) is 24.1. The monoisotopic (exact) mass is 462 g/mol. The van der Waals surface area contributed by atoms with Crippen LogP contribution in [0.4, 0.5) is 32.2 Å². The smallest absolute Gasteiger partial charge is 0.435 e. The number of likely N-dealkylation sites (tertiary alicyclic amines) is 1. The second kappa shape index (κ2) is 10.4. The molecule has 0 radical (unpaired) electrons. The molecule has 32 heavy (non-hydrogen) atoms. The first-order chi connectivity index (χ1) is 15.3. The zero-order chi connectivity index (χ0) is 23.3. The molecule has 3 rings (SSSR count). The van der Waals surface area contributed by atoms with Crippen LogP contribution in [-0.2, 0) is 32.7 Å². The molecular formula is C21H24F6N4O. The van der Waals surface area contributed by atoms with Gasteiger partial charge >= 0.3 is 6.18 Å². The van der Waals surface area contributed by atoms with Crippen molar-refractivity contribution in [3.8, 4) is 5.75 Å². The van der Waals surface area contributed by atoms with E-state index in [1.54, 1.807) is 12.1 Å². The summed E-state index contributed by atoms with van der Waals surface area (Å²) in [5.41, 5.74) is -0.00409. The van der Waals surface area contributed by atoms with Crippen molar-refractivity contribution in [3.05, 3.63) is 46.1 Å². The molecule has 1 aliphatic heterocycles. The Morgan fingerprint density at radius 3 is 2.12 bits per heavy atom. The number of hydrogen-bond donors (Lipinski definition) is 1. The molecule has 5 nitrogen and oxygen atoms in total. The van der Waals surface area contributed by atoms with Gasteiger partial charge in [-0.3, -0.25) is 4.90 Å². The maximum atomic E-state index is 13.3. The van der Waals surface area contributed by atoms with Crippen LogP contribution >= 0.6 is 0 Å². The standard InChI is InChI=1S/C21H24F6N4O/c1-32-18-8-19(21(25,26)27)29-30-20(18)28-16-2-4-31(5-3-16)12-13-6-14(9-22)17(11-24)15(7-13)10-23/h6-8,16H,2-5,9-12H2,1H3,(H,28,30). The van der Waals surface area contributed by atoms with Crippen LogP contribution in [0, 0.1) is 0 Å². The molecule has 1 aromatic carbocycles. The Morgan fingerprint density at radius 2 is 1.62 bits per heavy atom. The number of aromatic nitrogens is 2. The lowest BCUT2D eigenvalue weighted by Gasteiger charge is -2.33. The van der Waals surface area contributed by atoms with Gasteiger partial charge in [0, 0.05) is 31.7 Å². The summed E-state index contributed by atoms with van der Waals surface area (Å²) in [5.74, 6) is 0.0983. The quantitative estimate of drug-likeness (QED) is 0.561. The molecule has 0 bridgehead atoms. The van der Waals surface area contributed by atoms with Crippen molar-refractivity contribution < 1.29 is 31.1 Å². The fourth-order valence-corrected chi connectivity index (χ4v) is 3.83. The molecule has 2 heterocycles. The van der Waals surface area contributed by atoms with E-state index in [-0.39, 0.29) is 34.3 Å². The number of halogens is 6. The molecule has 0 atom stereocenters. The molecule has 1 fully saturated rings. The fourth-order valence-electron chi connectivity index (χ4n) is 3.83. The van der Waals surface area contributed by atoms with E-state index in [0.717, 1.165) is 6.07 Å². The molecule has 2 aromatic rings. The second-order valence-electron chi connectivity index (χ2n) is 7.63. The minimum absolute atomic E-state index is 0.0415. The van der Waals surface area contributed by atoms with Crippen LogP contribution < -0.4 is 10.1 Å². The molecule has 0 saturated carbocycles. The zero-order valence-electron chi connectivity index (χ0n) is 17.5. The Bertz CT molecular complexity index is 891. The summed E-state index contributed by atoms with van der Waals surface area (Å²) >= 11 is 0. The lowest BCUT2D eigenvalue weighted by atomic mass is 9.98. The summed E-state index contributed by atoms with van der Waals surface area (Å²) in [6, 6.07) is 3.89. The van der Waals surface area contributed by atoms with E-state index < -0.39 is 31.9 Å². The summed E-state index contributed by atoms with van der Waals surface area (Å²) in [6.45, 7) is -0.872. The summed E-state index contributed by atoms with van der Waals surface area (Å²) < 4.78 is 83.1. The SMILES string of the molecule is COc1cc(C(F)(F)F)nnc1NC1CCN(Cc2cc(CF)c(CF)c(CF)c2)CC1. The van der Waals surface area contributed by atoms with Crippen molar-refractivity contribution in [1.82, 2.24) is 15.1 Å². The maximum absolute atomic E-state index is 13.3. The predicted octanol–water partition coefficient (Wildman–Crippen LogP) is 4.99. The van der Waals surface area contributed by atoms with E-state index >= 15 is 0 Å². The van der Waals surface area contributed by atoms with Crippen LogP contribution in [0.25, 0.3) is 0 Å². The van der Waals surface area contributed by atoms with Gasteiger partial charge in [0.15, 0.2) is 17.3 Å². The van der Waals surface area contributed by atoms with Crippen LogP contribution in [0.2, 0.25) is 0 Å². The number of ether oxygens (including phenoxy) is 1. The van der Waals surface area contributed by atoms with E-state index in [1.807, 2.05) is 0 Å². The molecule has 1 saturated heterocycles. The van der Waals surface area contributed by atoms with Crippen molar-refractivity contribution in [2.24, 2.45) is 0 Å². The highest BCUT2D eigenvalue weighted by Crippen LogP contribution is 2.32. The van der Waals surface area contributed by atoms with Crippen molar-refractivity contribution in [2.75, 3.05) is 25.5 Å². The second-order valence-corrected chi connectivity index (χ2v) is 7.63. The molecule has 0 amide bonds. The first-order valence-corrected chi connectivity index (χ1v) is 10.1. The van der Waals surface area contributed by atoms with E-state index in [1.165, 1.54) is 7.11 Å². The van der Waals surface area contributed by atoms with Crippen LogP contribution in [-0.4, -0.2) is 41.3 Å². The van der Waals surface area contributed by atoms with E-state index in [9.17, 15) is 26.3 Å². The third-order valence-corrected chi connectivity index (χ3v) is 5.52. The Hall–Kier alpha value is -2.56. The number of hydrogen-bond acceptors (Lipinski definition) is 5. The minimum atomic E-state index is -4.61. The highest BCUT2D eigenvalue weighted by atomic mass is 19.4. The van der Waals surface area contributed by atoms with Gasteiger partial charge in [-0.1, -0.05) is 12.1 Å². The number of nitrogens with one attached hydrogen (secondary N) is 1.